The molecule has 39 heavy (non-hydrogen) atoms. The minimum absolute atomic E-state index is 0.0517. The summed E-state index contributed by atoms with van der Waals surface area (Å²) in [5, 5.41) is 14.3. The molecule has 3 N–H and O–H groups in total. The molecule has 200 valence electrons. The van der Waals surface area contributed by atoms with Crippen molar-refractivity contribution in [2.45, 2.75) is 38.1 Å². The average molecular weight is 527 g/mol. The van der Waals surface area contributed by atoms with Gasteiger partial charge in [-0.15, -0.1) is 0 Å². The van der Waals surface area contributed by atoms with E-state index in [0.29, 0.717) is 49.5 Å². The standard InChI is InChI=1S/C27H30BN7O4/c1-39-19-2-3-21-16(12-19)6-11-35(27(38)32-21)18-7-9-34(10-8-18)24(37)5-4-23(36)17-13-20(28)25-22(14-17)31-26(33-25)30-15-29/h2-3,12-14,18H,4-11,28H2,1H3,(H,32,38)(H2,30,31,33). The quantitative estimate of drug-likeness (QED) is 0.184. The third-order valence-electron chi connectivity index (χ3n) is 7.55. The van der Waals surface area contributed by atoms with Crippen LogP contribution in [-0.4, -0.2) is 78.1 Å². The van der Waals surface area contributed by atoms with E-state index in [9.17, 15) is 14.4 Å². The predicted molar refractivity (Wildman–Crippen MR) is 149 cm³/mol. The van der Waals surface area contributed by atoms with E-state index in [2.05, 4.69) is 20.6 Å². The van der Waals surface area contributed by atoms with Crippen molar-refractivity contribution in [3.8, 4) is 11.9 Å². The molecular weight excluding hydrogens is 497 g/mol. The van der Waals surface area contributed by atoms with Crippen LogP contribution in [-0.2, 0) is 11.2 Å². The van der Waals surface area contributed by atoms with Gasteiger partial charge in [-0.1, -0.05) is 11.5 Å². The van der Waals surface area contributed by atoms with E-state index in [-0.39, 0.29) is 36.6 Å². The smallest absolute Gasteiger partial charge is 0.322 e. The minimum Gasteiger partial charge on any atom is -0.497 e. The number of benzene rings is 2. The van der Waals surface area contributed by atoms with Gasteiger partial charge in [-0.25, -0.2) is 9.78 Å². The topological polar surface area (TPSA) is 143 Å². The van der Waals surface area contributed by atoms with Crippen molar-refractivity contribution >= 4 is 53.7 Å². The highest BCUT2D eigenvalue weighted by Crippen LogP contribution is 2.28. The first-order valence-electron chi connectivity index (χ1n) is 13.1. The first-order valence-corrected chi connectivity index (χ1v) is 13.1. The lowest BCUT2D eigenvalue weighted by Gasteiger charge is -2.38. The van der Waals surface area contributed by atoms with Crippen LogP contribution in [0.4, 0.5) is 16.4 Å². The number of imidazole rings is 1. The maximum Gasteiger partial charge on any atom is 0.322 e. The molecule has 0 spiro atoms. The maximum absolute atomic E-state index is 12.9. The van der Waals surface area contributed by atoms with Gasteiger partial charge >= 0.3 is 6.03 Å². The number of nitrogens with zero attached hydrogens (tertiary/aromatic N) is 4. The second-order valence-electron chi connectivity index (χ2n) is 9.94. The van der Waals surface area contributed by atoms with Crippen molar-refractivity contribution in [1.82, 2.24) is 19.8 Å². The van der Waals surface area contributed by atoms with Gasteiger partial charge < -0.3 is 24.8 Å². The number of ketones is 1. The molecule has 2 aliphatic heterocycles. The number of amides is 3. The van der Waals surface area contributed by atoms with Crippen LogP contribution in [0.15, 0.2) is 30.3 Å². The lowest BCUT2D eigenvalue weighted by molar-refractivity contribution is -0.132. The number of rotatable bonds is 7. The fourth-order valence-electron chi connectivity index (χ4n) is 5.41. The molecule has 0 unspecified atom stereocenters. The molecule has 0 saturated carbocycles. The number of aromatic nitrogens is 2. The van der Waals surface area contributed by atoms with E-state index in [1.54, 1.807) is 24.1 Å². The van der Waals surface area contributed by atoms with Crippen LogP contribution in [0, 0.1) is 11.5 Å². The lowest BCUT2D eigenvalue weighted by atomic mass is 9.91. The molecule has 1 saturated heterocycles. The number of ether oxygens (including phenoxy) is 1. The summed E-state index contributed by atoms with van der Waals surface area (Å²) in [4.78, 5) is 49.7. The summed E-state index contributed by atoms with van der Waals surface area (Å²) in [5.74, 6) is 0.903. The number of piperidine rings is 1. The Morgan fingerprint density at radius 2 is 2.00 bits per heavy atom. The number of carbonyl (C=O) groups excluding carboxylic acids is 3. The Hall–Kier alpha value is -4.53. The fraction of sp³-hybridized carbons (Fsp3) is 0.370. The van der Waals surface area contributed by atoms with E-state index in [4.69, 9.17) is 10.00 Å². The number of anilines is 2. The van der Waals surface area contributed by atoms with Gasteiger partial charge in [-0.05, 0) is 49.1 Å². The Labute approximate surface area is 226 Å². The van der Waals surface area contributed by atoms with Gasteiger partial charge in [-0.2, -0.15) is 5.26 Å². The number of hydrogen-bond acceptors (Lipinski definition) is 7. The van der Waals surface area contributed by atoms with Crippen molar-refractivity contribution in [3.63, 3.8) is 0 Å². The van der Waals surface area contributed by atoms with Crippen molar-refractivity contribution in [1.29, 1.82) is 5.26 Å². The number of methoxy groups -OCH3 is 1. The molecule has 11 nitrogen and oxygen atoms in total. The summed E-state index contributed by atoms with van der Waals surface area (Å²) in [5.41, 5.74) is 4.52. The number of likely N-dealkylation sites (tertiary alicyclic amines) is 1. The normalized spacial score (nSPS) is 15.7. The van der Waals surface area contributed by atoms with E-state index in [0.717, 1.165) is 34.4 Å². The Morgan fingerprint density at radius 1 is 1.21 bits per heavy atom. The summed E-state index contributed by atoms with van der Waals surface area (Å²) >= 11 is 0. The molecule has 5 rings (SSSR count). The van der Waals surface area contributed by atoms with Gasteiger partial charge in [-0.3, -0.25) is 14.9 Å². The molecule has 1 fully saturated rings. The van der Waals surface area contributed by atoms with Crippen LogP contribution >= 0.6 is 0 Å². The van der Waals surface area contributed by atoms with Crippen LogP contribution in [0.25, 0.3) is 11.0 Å². The summed E-state index contributed by atoms with van der Waals surface area (Å²) in [6, 6.07) is 9.06. The molecule has 0 bridgehead atoms. The van der Waals surface area contributed by atoms with Crippen LogP contribution in [0.3, 0.4) is 0 Å². The molecule has 3 aromatic rings. The molecule has 0 aliphatic carbocycles. The number of nitriles is 1. The number of hydrogen-bond donors (Lipinski definition) is 3. The van der Waals surface area contributed by atoms with Gasteiger partial charge in [0.15, 0.2) is 12.0 Å². The lowest BCUT2D eigenvalue weighted by Crippen LogP contribution is -2.50. The number of carbonyl (C=O) groups is 3. The van der Waals surface area contributed by atoms with Gasteiger partial charge in [0, 0.05) is 49.8 Å². The predicted octanol–water partition coefficient (Wildman–Crippen LogP) is 1.77. The van der Waals surface area contributed by atoms with Gasteiger partial charge in [0.05, 0.1) is 18.1 Å². The van der Waals surface area contributed by atoms with Crippen molar-refractivity contribution in [3.05, 3.63) is 41.5 Å². The molecule has 2 aromatic carbocycles. The Morgan fingerprint density at radius 3 is 2.74 bits per heavy atom. The van der Waals surface area contributed by atoms with Gasteiger partial charge in [0.1, 0.15) is 13.6 Å². The van der Waals surface area contributed by atoms with Crippen molar-refractivity contribution in [2.75, 3.05) is 37.4 Å². The molecule has 0 radical (unpaired) electrons. The van der Waals surface area contributed by atoms with Crippen LogP contribution < -0.4 is 20.8 Å². The molecular formula is C27H30BN7O4. The summed E-state index contributed by atoms with van der Waals surface area (Å²) in [7, 11) is 3.49. The summed E-state index contributed by atoms with van der Waals surface area (Å²) in [6.45, 7) is 1.71. The van der Waals surface area contributed by atoms with Crippen LogP contribution in [0.1, 0.15) is 41.6 Å². The monoisotopic (exact) mass is 527 g/mol. The van der Waals surface area contributed by atoms with Crippen LogP contribution in [0.2, 0.25) is 0 Å². The molecule has 3 amide bonds. The SMILES string of the molecule is Bc1cc(C(=O)CCC(=O)N2CCC(N3CCc4cc(OC)ccc4NC3=O)CC2)cc2nc(NC#N)[nH]c12. The molecule has 3 heterocycles. The van der Waals surface area contributed by atoms with Crippen LogP contribution in [0.5, 0.6) is 5.75 Å². The molecule has 0 atom stereocenters. The molecule has 12 heteroatoms. The second-order valence-corrected chi connectivity index (χ2v) is 9.94. The van der Waals surface area contributed by atoms with Crippen molar-refractivity contribution < 1.29 is 19.1 Å². The second kappa shape index (κ2) is 11.1. The third-order valence-corrected chi connectivity index (χ3v) is 7.55. The van der Waals surface area contributed by atoms with Crippen molar-refractivity contribution in [2.24, 2.45) is 0 Å². The zero-order valence-electron chi connectivity index (χ0n) is 22.0. The summed E-state index contributed by atoms with van der Waals surface area (Å²) < 4.78 is 5.32. The fourth-order valence-corrected chi connectivity index (χ4v) is 5.41. The summed E-state index contributed by atoms with van der Waals surface area (Å²) in [6.07, 6.45) is 4.17. The van der Waals surface area contributed by atoms with E-state index in [1.165, 1.54) is 0 Å². The largest absolute Gasteiger partial charge is 0.497 e. The zero-order chi connectivity index (χ0) is 27.5. The van der Waals surface area contributed by atoms with E-state index < -0.39 is 0 Å². The highest BCUT2D eigenvalue weighted by molar-refractivity contribution is 6.38. The number of urea groups is 1. The van der Waals surface area contributed by atoms with Gasteiger partial charge in [0.2, 0.25) is 11.9 Å². The number of nitrogens with one attached hydrogen (secondary N) is 3. The maximum atomic E-state index is 12.9. The minimum atomic E-state index is -0.126. The molecule has 1 aromatic heterocycles. The Balaban J connectivity index is 1.14. The third kappa shape index (κ3) is 5.52. The number of fused-ring (bicyclic) bond motifs is 2. The van der Waals surface area contributed by atoms with E-state index in [1.807, 2.05) is 37.1 Å². The van der Waals surface area contributed by atoms with E-state index >= 15 is 0 Å². The highest BCUT2D eigenvalue weighted by atomic mass is 16.5. The number of H-pyrrole nitrogens is 1. The first-order chi connectivity index (χ1) is 18.9. The average Bonchev–Trinajstić information content (AvgIpc) is 3.28. The Kier molecular flexibility index (Phi) is 7.41. The molecule has 2 aliphatic rings. The Bertz CT molecular complexity index is 1470. The highest BCUT2D eigenvalue weighted by Gasteiger charge is 2.31. The zero-order valence-corrected chi connectivity index (χ0v) is 22.0. The van der Waals surface area contributed by atoms with Gasteiger partial charge in [0.25, 0.3) is 0 Å². The first kappa shape index (κ1) is 26.1. The number of Topliss-reactive ketones (excluding diaryl/α,β-unsaturated/α-hetero) is 1. The number of aromatic amines is 1.